The summed E-state index contributed by atoms with van der Waals surface area (Å²) in [7, 11) is 0. The Hall–Kier alpha value is -2.40. The highest BCUT2D eigenvalue weighted by molar-refractivity contribution is 5.65. The molecule has 2 aromatic heterocycles. The molecule has 3 aromatic rings. The second-order valence-electron chi connectivity index (χ2n) is 4.97. The Labute approximate surface area is 116 Å². The molecule has 1 aliphatic heterocycles. The Balaban J connectivity index is 1.71. The smallest absolute Gasteiger partial charge is 0.0991 e. The van der Waals surface area contributed by atoms with Crippen molar-refractivity contribution in [2.75, 3.05) is 6.54 Å². The van der Waals surface area contributed by atoms with Gasteiger partial charge in [0.05, 0.1) is 12.0 Å². The normalized spacial score (nSPS) is 14.2. The summed E-state index contributed by atoms with van der Waals surface area (Å²) in [6, 6.07) is 8.41. The maximum Gasteiger partial charge on any atom is 0.0991 e. The third-order valence-corrected chi connectivity index (χ3v) is 3.75. The van der Waals surface area contributed by atoms with Gasteiger partial charge in [0.2, 0.25) is 0 Å². The van der Waals surface area contributed by atoms with E-state index in [1.165, 1.54) is 11.3 Å². The molecule has 0 spiro atoms. The molecule has 1 aliphatic rings. The number of fused-ring (bicyclic) bond motifs is 1. The van der Waals surface area contributed by atoms with Gasteiger partial charge in [0, 0.05) is 54.4 Å². The molecule has 0 unspecified atom stereocenters. The van der Waals surface area contributed by atoms with Crippen molar-refractivity contribution < 1.29 is 0 Å². The SMILES string of the molecule is c1cn(-c2ccc(-c3n[nH]c4c3CNCC4)cc2)cn1. The zero-order valence-electron chi connectivity index (χ0n) is 11.0. The van der Waals surface area contributed by atoms with E-state index < -0.39 is 0 Å². The average Bonchev–Trinajstić information content (AvgIpc) is 3.17. The van der Waals surface area contributed by atoms with Crippen LogP contribution in [0.15, 0.2) is 43.0 Å². The number of imidazole rings is 1. The molecule has 0 amide bonds. The molecule has 3 heterocycles. The van der Waals surface area contributed by atoms with Gasteiger partial charge in [0.1, 0.15) is 0 Å². The third-order valence-electron chi connectivity index (χ3n) is 3.75. The van der Waals surface area contributed by atoms with Gasteiger partial charge >= 0.3 is 0 Å². The lowest BCUT2D eigenvalue weighted by Crippen LogP contribution is -2.23. The number of hydrogen-bond donors (Lipinski definition) is 2. The Kier molecular flexibility index (Phi) is 2.63. The molecule has 0 saturated heterocycles. The Morgan fingerprint density at radius 2 is 2.05 bits per heavy atom. The van der Waals surface area contributed by atoms with Gasteiger partial charge in [-0.1, -0.05) is 12.1 Å². The fraction of sp³-hybridized carbons (Fsp3) is 0.200. The molecule has 0 atom stereocenters. The van der Waals surface area contributed by atoms with Crippen molar-refractivity contribution >= 4 is 0 Å². The Morgan fingerprint density at radius 3 is 2.85 bits per heavy atom. The molecule has 100 valence electrons. The molecular weight excluding hydrogens is 250 g/mol. The highest BCUT2D eigenvalue weighted by Crippen LogP contribution is 2.26. The fourth-order valence-electron chi connectivity index (χ4n) is 2.67. The summed E-state index contributed by atoms with van der Waals surface area (Å²) in [5.41, 5.74) is 5.87. The van der Waals surface area contributed by atoms with Crippen LogP contribution >= 0.6 is 0 Å². The van der Waals surface area contributed by atoms with Crippen molar-refractivity contribution in [3.05, 3.63) is 54.2 Å². The van der Waals surface area contributed by atoms with Crippen LogP contribution in [0.5, 0.6) is 0 Å². The summed E-state index contributed by atoms with van der Waals surface area (Å²) in [5, 5.41) is 11.0. The number of aromatic nitrogens is 4. The topological polar surface area (TPSA) is 58.5 Å². The fourth-order valence-corrected chi connectivity index (χ4v) is 2.67. The second kappa shape index (κ2) is 4.61. The average molecular weight is 265 g/mol. The molecular formula is C15H15N5. The Morgan fingerprint density at radius 1 is 1.15 bits per heavy atom. The van der Waals surface area contributed by atoms with E-state index in [-0.39, 0.29) is 0 Å². The van der Waals surface area contributed by atoms with E-state index in [9.17, 15) is 0 Å². The molecule has 20 heavy (non-hydrogen) atoms. The van der Waals surface area contributed by atoms with Gasteiger partial charge in [-0.3, -0.25) is 5.10 Å². The van der Waals surface area contributed by atoms with Gasteiger partial charge in [0.25, 0.3) is 0 Å². The Bertz CT molecular complexity index is 709. The van der Waals surface area contributed by atoms with Gasteiger partial charge in [-0.15, -0.1) is 0 Å². The van der Waals surface area contributed by atoms with E-state index in [2.05, 4.69) is 44.8 Å². The van der Waals surface area contributed by atoms with Crippen LogP contribution in [-0.2, 0) is 13.0 Å². The van der Waals surface area contributed by atoms with E-state index in [1.54, 1.807) is 12.5 Å². The minimum Gasteiger partial charge on any atom is -0.312 e. The van der Waals surface area contributed by atoms with Gasteiger partial charge in [-0.25, -0.2) is 4.98 Å². The van der Waals surface area contributed by atoms with Crippen LogP contribution in [0.25, 0.3) is 16.9 Å². The van der Waals surface area contributed by atoms with E-state index in [1.807, 2.05) is 10.8 Å². The molecule has 2 N–H and O–H groups in total. The summed E-state index contributed by atoms with van der Waals surface area (Å²) >= 11 is 0. The zero-order valence-corrected chi connectivity index (χ0v) is 11.0. The lowest BCUT2D eigenvalue weighted by atomic mass is 10.0. The lowest BCUT2D eigenvalue weighted by Gasteiger charge is -2.13. The van der Waals surface area contributed by atoms with Crippen LogP contribution in [0.1, 0.15) is 11.3 Å². The minimum atomic E-state index is 0.893. The number of hydrogen-bond acceptors (Lipinski definition) is 3. The zero-order chi connectivity index (χ0) is 13.4. The number of nitrogens with one attached hydrogen (secondary N) is 2. The standard InChI is InChI=1S/C15H15N5/c1-3-12(20-8-7-17-10-20)4-2-11(1)15-13-9-16-6-5-14(13)18-19-15/h1-4,7-8,10,16H,5-6,9H2,(H,18,19). The van der Waals surface area contributed by atoms with Crippen molar-refractivity contribution in [2.24, 2.45) is 0 Å². The van der Waals surface area contributed by atoms with Gasteiger partial charge in [-0.2, -0.15) is 5.10 Å². The highest BCUT2D eigenvalue weighted by atomic mass is 15.1. The maximum atomic E-state index is 4.48. The predicted octanol–water partition coefficient (Wildman–Crippen LogP) is 1.91. The number of H-pyrrole nitrogens is 1. The monoisotopic (exact) mass is 265 g/mol. The highest BCUT2D eigenvalue weighted by Gasteiger charge is 2.17. The van der Waals surface area contributed by atoms with E-state index in [0.717, 1.165) is 36.5 Å². The number of rotatable bonds is 2. The first-order valence-electron chi connectivity index (χ1n) is 6.77. The minimum absolute atomic E-state index is 0.893. The molecule has 5 nitrogen and oxygen atoms in total. The molecule has 0 fully saturated rings. The molecule has 0 radical (unpaired) electrons. The molecule has 0 saturated carbocycles. The molecule has 4 rings (SSSR count). The predicted molar refractivity (Wildman–Crippen MR) is 76.6 cm³/mol. The molecule has 0 bridgehead atoms. The second-order valence-corrected chi connectivity index (χ2v) is 4.97. The van der Waals surface area contributed by atoms with Crippen molar-refractivity contribution in [1.29, 1.82) is 0 Å². The third kappa shape index (κ3) is 1.83. The van der Waals surface area contributed by atoms with Crippen LogP contribution in [0.2, 0.25) is 0 Å². The van der Waals surface area contributed by atoms with Crippen LogP contribution in [0.3, 0.4) is 0 Å². The largest absolute Gasteiger partial charge is 0.312 e. The van der Waals surface area contributed by atoms with Gasteiger partial charge in [-0.05, 0) is 12.1 Å². The quantitative estimate of drug-likeness (QED) is 0.744. The van der Waals surface area contributed by atoms with Crippen LogP contribution < -0.4 is 5.32 Å². The van der Waals surface area contributed by atoms with Crippen molar-refractivity contribution in [3.8, 4) is 16.9 Å². The van der Waals surface area contributed by atoms with Gasteiger partial charge < -0.3 is 9.88 Å². The number of aromatic amines is 1. The van der Waals surface area contributed by atoms with Crippen LogP contribution in [0.4, 0.5) is 0 Å². The number of nitrogens with zero attached hydrogens (tertiary/aromatic N) is 3. The summed E-state index contributed by atoms with van der Waals surface area (Å²) < 4.78 is 1.99. The van der Waals surface area contributed by atoms with Crippen molar-refractivity contribution in [1.82, 2.24) is 25.1 Å². The summed E-state index contributed by atoms with van der Waals surface area (Å²) in [5.74, 6) is 0. The van der Waals surface area contributed by atoms with E-state index in [0.29, 0.717) is 0 Å². The summed E-state index contributed by atoms with van der Waals surface area (Å²) in [6.07, 6.45) is 6.55. The first kappa shape index (κ1) is 11.4. The van der Waals surface area contributed by atoms with Crippen molar-refractivity contribution in [2.45, 2.75) is 13.0 Å². The summed E-state index contributed by atoms with van der Waals surface area (Å²) in [6.45, 7) is 1.92. The number of benzene rings is 1. The first-order valence-corrected chi connectivity index (χ1v) is 6.77. The van der Waals surface area contributed by atoms with Crippen LogP contribution in [-0.4, -0.2) is 26.3 Å². The lowest BCUT2D eigenvalue weighted by molar-refractivity contribution is 0.637. The maximum absolute atomic E-state index is 4.48. The molecule has 0 aliphatic carbocycles. The van der Waals surface area contributed by atoms with Crippen molar-refractivity contribution in [3.63, 3.8) is 0 Å². The van der Waals surface area contributed by atoms with Gasteiger partial charge in [0.15, 0.2) is 0 Å². The summed E-state index contributed by atoms with van der Waals surface area (Å²) in [4.78, 5) is 4.07. The first-order chi connectivity index (χ1) is 9.92. The molecule has 1 aromatic carbocycles. The van der Waals surface area contributed by atoms with E-state index >= 15 is 0 Å². The molecule has 5 heteroatoms. The van der Waals surface area contributed by atoms with E-state index in [4.69, 9.17) is 0 Å². The van der Waals surface area contributed by atoms with Crippen LogP contribution in [0, 0.1) is 0 Å².